The number of hydrogen-bond donors (Lipinski definition) is 1. The fraction of sp³-hybridized carbons (Fsp3) is 0.389. The van der Waals surface area contributed by atoms with Crippen molar-refractivity contribution < 1.29 is 4.74 Å². The van der Waals surface area contributed by atoms with Crippen LogP contribution < -0.4 is 10.1 Å². The molecule has 2 aromatic rings. The van der Waals surface area contributed by atoms with E-state index in [0.29, 0.717) is 12.6 Å². The van der Waals surface area contributed by atoms with Crippen LogP contribution in [0.3, 0.4) is 0 Å². The third kappa shape index (κ3) is 3.42. The van der Waals surface area contributed by atoms with E-state index < -0.39 is 0 Å². The highest BCUT2D eigenvalue weighted by Crippen LogP contribution is 2.32. The number of benzene rings is 1. The van der Waals surface area contributed by atoms with E-state index in [4.69, 9.17) is 4.74 Å². The Bertz CT molecular complexity index is 583. The molecule has 1 atom stereocenters. The molecule has 0 saturated carbocycles. The fourth-order valence-corrected chi connectivity index (χ4v) is 2.97. The van der Waals surface area contributed by atoms with Crippen molar-refractivity contribution in [2.24, 2.45) is 0 Å². The summed E-state index contributed by atoms with van der Waals surface area (Å²) < 4.78 is 5.93. The molecule has 3 nitrogen and oxygen atoms in total. The number of aromatic nitrogens is 1. The maximum Gasteiger partial charge on any atom is 0.120 e. The monoisotopic (exact) mass is 282 g/mol. The normalized spacial score (nSPS) is 17.3. The Morgan fingerprint density at radius 1 is 1.24 bits per heavy atom. The zero-order chi connectivity index (χ0) is 14.5. The minimum Gasteiger partial charge on any atom is -0.489 e. The molecule has 0 spiro atoms. The molecule has 1 aromatic heterocycles. The van der Waals surface area contributed by atoms with Crippen LogP contribution in [0.1, 0.15) is 42.5 Å². The van der Waals surface area contributed by atoms with Gasteiger partial charge in [0.15, 0.2) is 0 Å². The molecule has 0 saturated heterocycles. The Morgan fingerprint density at radius 3 is 2.90 bits per heavy atom. The average molecular weight is 282 g/mol. The molecule has 110 valence electrons. The summed E-state index contributed by atoms with van der Waals surface area (Å²) in [4.78, 5) is 4.02. The standard InChI is InChI=1S/C18H22N2O/c1-2-20-18-5-3-4-15-6-7-16(12-17(15)18)21-13-14-8-10-19-11-9-14/h6-12,18,20H,2-5,13H2,1H3. The molecule has 1 aliphatic rings. The number of fused-ring (bicyclic) bond motifs is 1. The van der Waals surface area contributed by atoms with Gasteiger partial charge in [0.05, 0.1) is 0 Å². The predicted molar refractivity (Wildman–Crippen MR) is 84.4 cm³/mol. The van der Waals surface area contributed by atoms with E-state index in [2.05, 4.69) is 35.4 Å². The Labute approximate surface area is 126 Å². The van der Waals surface area contributed by atoms with E-state index in [9.17, 15) is 0 Å². The Hall–Kier alpha value is -1.87. The first kappa shape index (κ1) is 14.1. The summed E-state index contributed by atoms with van der Waals surface area (Å²) in [5.41, 5.74) is 4.02. The number of nitrogens with one attached hydrogen (secondary N) is 1. The van der Waals surface area contributed by atoms with E-state index in [1.165, 1.54) is 30.4 Å². The highest BCUT2D eigenvalue weighted by atomic mass is 16.5. The molecular formula is C18H22N2O. The maximum absolute atomic E-state index is 5.93. The smallest absolute Gasteiger partial charge is 0.120 e. The number of pyridine rings is 1. The first-order valence-electron chi connectivity index (χ1n) is 7.74. The lowest BCUT2D eigenvalue weighted by molar-refractivity contribution is 0.304. The zero-order valence-corrected chi connectivity index (χ0v) is 12.5. The van der Waals surface area contributed by atoms with Gasteiger partial charge in [-0.2, -0.15) is 0 Å². The summed E-state index contributed by atoms with van der Waals surface area (Å²) in [5.74, 6) is 0.954. The lowest BCUT2D eigenvalue weighted by Gasteiger charge is -2.26. The van der Waals surface area contributed by atoms with E-state index in [0.717, 1.165) is 17.9 Å². The SMILES string of the molecule is CCNC1CCCc2ccc(OCc3ccncc3)cc21. The lowest BCUT2D eigenvalue weighted by atomic mass is 9.87. The maximum atomic E-state index is 5.93. The highest BCUT2D eigenvalue weighted by molar-refractivity contribution is 5.39. The van der Waals surface area contributed by atoms with Gasteiger partial charge in [0.1, 0.15) is 12.4 Å². The highest BCUT2D eigenvalue weighted by Gasteiger charge is 2.19. The van der Waals surface area contributed by atoms with Crippen molar-refractivity contribution in [1.29, 1.82) is 0 Å². The summed E-state index contributed by atoms with van der Waals surface area (Å²) >= 11 is 0. The topological polar surface area (TPSA) is 34.1 Å². The second kappa shape index (κ2) is 6.72. The molecule has 0 amide bonds. The zero-order valence-electron chi connectivity index (χ0n) is 12.5. The molecule has 0 aliphatic heterocycles. The number of rotatable bonds is 5. The van der Waals surface area contributed by atoms with Crippen molar-refractivity contribution in [2.75, 3.05) is 6.54 Å². The molecule has 1 aromatic carbocycles. The van der Waals surface area contributed by atoms with Crippen LogP contribution in [0.15, 0.2) is 42.7 Å². The van der Waals surface area contributed by atoms with Crippen LogP contribution in [0.25, 0.3) is 0 Å². The predicted octanol–water partition coefficient (Wildman–Crippen LogP) is 3.65. The van der Waals surface area contributed by atoms with E-state index in [-0.39, 0.29) is 0 Å². The largest absolute Gasteiger partial charge is 0.489 e. The minimum absolute atomic E-state index is 0.475. The number of aryl methyl sites for hydroxylation is 1. The molecule has 3 rings (SSSR count). The van der Waals surface area contributed by atoms with Gasteiger partial charge >= 0.3 is 0 Å². The van der Waals surface area contributed by atoms with Gasteiger partial charge in [0, 0.05) is 18.4 Å². The summed E-state index contributed by atoms with van der Waals surface area (Å²) in [6.07, 6.45) is 7.26. The van der Waals surface area contributed by atoms with Crippen molar-refractivity contribution in [2.45, 2.75) is 38.8 Å². The van der Waals surface area contributed by atoms with E-state index in [1.54, 1.807) is 12.4 Å². The molecule has 1 aliphatic carbocycles. The molecule has 1 N–H and O–H groups in total. The van der Waals surface area contributed by atoms with Crippen LogP contribution in [0.5, 0.6) is 5.75 Å². The van der Waals surface area contributed by atoms with Gasteiger partial charge in [0.25, 0.3) is 0 Å². The van der Waals surface area contributed by atoms with Gasteiger partial charge in [-0.25, -0.2) is 0 Å². The van der Waals surface area contributed by atoms with Gasteiger partial charge < -0.3 is 10.1 Å². The van der Waals surface area contributed by atoms with Gasteiger partial charge in [-0.05, 0) is 66.8 Å². The second-order valence-corrected chi connectivity index (χ2v) is 5.51. The van der Waals surface area contributed by atoms with Crippen LogP contribution in [0.2, 0.25) is 0 Å². The molecule has 1 unspecified atom stereocenters. The third-order valence-electron chi connectivity index (χ3n) is 4.04. The van der Waals surface area contributed by atoms with Gasteiger partial charge in [-0.15, -0.1) is 0 Å². The number of hydrogen-bond acceptors (Lipinski definition) is 3. The number of ether oxygens (including phenoxy) is 1. The van der Waals surface area contributed by atoms with Crippen molar-refractivity contribution in [1.82, 2.24) is 10.3 Å². The Kier molecular flexibility index (Phi) is 4.51. The van der Waals surface area contributed by atoms with Crippen LogP contribution in [0, 0.1) is 0 Å². The fourth-order valence-electron chi connectivity index (χ4n) is 2.97. The first-order chi connectivity index (χ1) is 10.4. The summed E-state index contributed by atoms with van der Waals surface area (Å²) in [7, 11) is 0. The van der Waals surface area contributed by atoms with Crippen molar-refractivity contribution in [3.63, 3.8) is 0 Å². The van der Waals surface area contributed by atoms with Crippen LogP contribution >= 0.6 is 0 Å². The van der Waals surface area contributed by atoms with E-state index in [1.807, 2.05) is 12.1 Å². The minimum atomic E-state index is 0.475. The van der Waals surface area contributed by atoms with Crippen molar-refractivity contribution in [3.8, 4) is 5.75 Å². The first-order valence-corrected chi connectivity index (χ1v) is 7.74. The third-order valence-corrected chi connectivity index (χ3v) is 4.04. The van der Waals surface area contributed by atoms with Crippen molar-refractivity contribution >= 4 is 0 Å². The second-order valence-electron chi connectivity index (χ2n) is 5.51. The molecule has 3 heteroatoms. The molecule has 0 fully saturated rings. The summed E-state index contributed by atoms with van der Waals surface area (Å²) in [6, 6.07) is 11.0. The summed E-state index contributed by atoms with van der Waals surface area (Å²) in [6.45, 7) is 3.76. The Balaban J connectivity index is 1.73. The van der Waals surface area contributed by atoms with Gasteiger partial charge in [-0.1, -0.05) is 13.0 Å². The van der Waals surface area contributed by atoms with Gasteiger partial charge in [0.2, 0.25) is 0 Å². The molecule has 1 heterocycles. The van der Waals surface area contributed by atoms with E-state index >= 15 is 0 Å². The number of nitrogens with zero attached hydrogens (tertiary/aromatic N) is 1. The van der Waals surface area contributed by atoms with Crippen molar-refractivity contribution in [3.05, 3.63) is 59.4 Å². The molecular weight excluding hydrogens is 260 g/mol. The Morgan fingerprint density at radius 2 is 2.10 bits per heavy atom. The average Bonchev–Trinajstić information content (AvgIpc) is 2.54. The summed E-state index contributed by atoms with van der Waals surface area (Å²) in [5, 5.41) is 3.58. The molecule has 0 bridgehead atoms. The lowest BCUT2D eigenvalue weighted by Crippen LogP contribution is -2.24. The quantitative estimate of drug-likeness (QED) is 0.909. The van der Waals surface area contributed by atoms with Crippen LogP contribution in [-0.2, 0) is 13.0 Å². The molecule has 0 radical (unpaired) electrons. The van der Waals surface area contributed by atoms with Gasteiger partial charge in [-0.3, -0.25) is 4.98 Å². The van der Waals surface area contributed by atoms with Crippen LogP contribution in [0.4, 0.5) is 0 Å². The molecule has 21 heavy (non-hydrogen) atoms. The van der Waals surface area contributed by atoms with Crippen LogP contribution in [-0.4, -0.2) is 11.5 Å².